The minimum absolute atomic E-state index is 0.0284. The molecule has 1 aliphatic heterocycles. The van der Waals surface area contributed by atoms with E-state index in [1.165, 1.54) is 5.01 Å². The van der Waals surface area contributed by atoms with Crippen molar-refractivity contribution in [3.8, 4) is 0 Å². The Labute approximate surface area is 150 Å². The monoisotopic (exact) mass is 386 g/mol. The zero-order valence-corrected chi connectivity index (χ0v) is 15.0. The Kier molecular flexibility index (Phi) is 5.00. The van der Waals surface area contributed by atoms with E-state index in [0.29, 0.717) is 12.0 Å². The van der Waals surface area contributed by atoms with Crippen LogP contribution in [0.4, 0.5) is 0 Å². The van der Waals surface area contributed by atoms with Crippen molar-refractivity contribution in [1.82, 2.24) is 10.4 Å². The molecular formula is C19H19BrN2O2. The number of benzene rings is 2. The van der Waals surface area contributed by atoms with Crippen molar-refractivity contribution in [3.63, 3.8) is 0 Å². The lowest BCUT2D eigenvalue weighted by atomic mass is 9.90. The van der Waals surface area contributed by atoms with Crippen molar-refractivity contribution in [2.45, 2.75) is 31.7 Å². The van der Waals surface area contributed by atoms with Gasteiger partial charge in [-0.1, -0.05) is 53.2 Å². The van der Waals surface area contributed by atoms with Crippen LogP contribution in [0.1, 0.15) is 41.6 Å². The first-order valence-corrected chi connectivity index (χ1v) is 8.83. The Morgan fingerprint density at radius 3 is 2.46 bits per heavy atom. The second-order valence-corrected chi connectivity index (χ2v) is 6.82. The van der Waals surface area contributed by atoms with Crippen LogP contribution in [0, 0.1) is 0 Å². The zero-order chi connectivity index (χ0) is 17.1. The number of nitrogens with zero attached hydrogens (tertiary/aromatic N) is 1. The molecule has 0 bridgehead atoms. The summed E-state index contributed by atoms with van der Waals surface area (Å²) in [6, 6.07) is 17.1. The average Bonchev–Trinajstić information content (AvgIpc) is 2.92. The number of hydrogen-bond donors (Lipinski definition) is 1. The molecule has 1 aliphatic rings. The minimum atomic E-state index is -0.261. The molecule has 2 amide bonds. The zero-order valence-electron chi connectivity index (χ0n) is 13.4. The van der Waals surface area contributed by atoms with Crippen molar-refractivity contribution in [2.24, 2.45) is 0 Å². The fourth-order valence-electron chi connectivity index (χ4n) is 3.22. The second-order valence-electron chi connectivity index (χ2n) is 5.91. The van der Waals surface area contributed by atoms with Crippen LogP contribution < -0.4 is 5.43 Å². The molecule has 0 aliphatic carbocycles. The van der Waals surface area contributed by atoms with Crippen LogP contribution in [0.2, 0.25) is 0 Å². The van der Waals surface area contributed by atoms with Crippen LogP contribution in [0.5, 0.6) is 0 Å². The molecule has 1 unspecified atom stereocenters. The second kappa shape index (κ2) is 7.18. The molecule has 4 nitrogen and oxygen atoms in total. The number of hydrazine groups is 1. The summed E-state index contributed by atoms with van der Waals surface area (Å²) in [7, 11) is 0. The Morgan fingerprint density at radius 2 is 1.83 bits per heavy atom. The molecule has 5 heteroatoms. The lowest BCUT2D eigenvalue weighted by molar-refractivity contribution is -0.131. The standard InChI is InChI=1S/C19H19BrN2O2/c1-2-17-16(13-6-4-3-5-7-13)12-18(23)22(17)21-19(24)14-8-10-15(20)11-9-14/h3-11,16-17H,2,12H2,1H3,(H,21,24)/t16?,17-/m0/s1. The Bertz CT molecular complexity index is 731. The van der Waals surface area contributed by atoms with E-state index in [-0.39, 0.29) is 23.8 Å². The molecule has 0 aromatic heterocycles. The van der Waals surface area contributed by atoms with Crippen molar-refractivity contribution >= 4 is 27.7 Å². The highest BCUT2D eigenvalue weighted by Gasteiger charge is 2.40. The summed E-state index contributed by atoms with van der Waals surface area (Å²) in [5.41, 5.74) is 4.46. The molecule has 1 N–H and O–H groups in total. The molecule has 0 radical (unpaired) electrons. The van der Waals surface area contributed by atoms with E-state index < -0.39 is 0 Å². The van der Waals surface area contributed by atoms with Crippen LogP contribution in [0.3, 0.4) is 0 Å². The highest BCUT2D eigenvalue weighted by atomic mass is 79.9. The Hall–Kier alpha value is -2.14. The number of hydrogen-bond acceptors (Lipinski definition) is 2. The van der Waals surface area contributed by atoms with Gasteiger partial charge in [0.05, 0.1) is 6.04 Å². The maximum absolute atomic E-state index is 12.5. The normalized spacial score (nSPS) is 20.2. The summed E-state index contributed by atoms with van der Waals surface area (Å²) in [4.78, 5) is 24.9. The molecule has 2 atom stereocenters. The van der Waals surface area contributed by atoms with E-state index in [1.807, 2.05) is 49.4 Å². The maximum atomic E-state index is 12.5. The van der Waals surface area contributed by atoms with Crippen molar-refractivity contribution < 1.29 is 9.59 Å². The predicted molar refractivity (Wildman–Crippen MR) is 96.3 cm³/mol. The van der Waals surface area contributed by atoms with Crippen molar-refractivity contribution in [3.05, 3.63) is 70.2 Å². The molecular weight excluding hydrogens is 368 g/mol. The molecule has 2 aromatic rings. The van der Waals surface area contributed by atoms with Crippen molar-refractivity contribution in [2.75, 3.05) is 0 Å². The largest absolute Gasteiger partial charge is 0.273 e. The molecule has 1 fully saturated rings. The lowest BCUT2D eigenvalue weighted by Gasteiger charge is -2.27. The quantitative estimate of drug-likeness (QED) is 0.866. The molecule has 0 saturated carbocycles. The number of carbonyl (C=O) groups excluding carboxylic acids is 2. The molecule has 124 valence electrons. The Morgan fingerprint density at radius 1 is 1.17 bits per heavy atom. The fourth-order valence-corrected chi connectivity index (χ4v) is 3.48. The summed E-state index contributed by atoms with van der Waals surface area (Å²) < 4.78 is 0.909. The molecule has 1 heterocycles. The van der Waals surface area contributed by atoms with E-state index in [1.54, 1.807) is 12.1 Å². The van der Waals surface area contributed by atoms with Gasteiger partial charge in [0.25, 0.3) is 5.91 Å². The first-order chi connectivity index (χ1) is 11.6. The van der Waals surface area contributed by atoms with Gasteiger partial charge in [0.2, 0.25) is 5.91 Å². The number of amides is 2. The third-order valence-electron chi connectivity index (χ3n) is 4.43. The van der Waals surface area contributed by atoms with E-state index >= 15 is 0 Å². The minimum Gasteiger partial charge on any atom is -0.273 e. The topological polar surface area (TPSA) is 49.4 Å². The van der Waals surface area contributed by atoms with Gasteiger partial charge in [-0.3, -0.25) is 20.0 Å². The van der Waals surface area contributed by atoms with Crippen LogP contribution in [0.25, 0.3) is 0 Å². The third-order valence-corrected chi connectivity index (χ3v) is 4.96. The van der Waals surface area contributed by atoms with Crippen LogP contribution in [-0.2, 0) is 4.79 Å². The SMILES string of the molecule is CC[C@H]1C(c2ccccc2)CC(=O)N1NC(=O)c1ccc(Br)cc1. The molecule has 1 saturated heterocycles. The smallest absolute Gasteiger partial charge is 0.269 e. The van der Waals surface area contributed by atoms with Crippen LogP contribution in [0.15, 0.2) is 59.1 Å². The van der Waals surface area contributed by atoms with Gasteiger partial charge >= 0.3 is 0 Å². The summed E-state index contributed by atoms with van der Waals surface area (Å²) >= 11 is 3.35. The van der Waals surface area contributed by atoms with Gasteiger partial charge in [-0.2, -0.15) is 0 Å². The van der Waals surface area contributed by atoms with Crippen LogP contribution in [-0.4, -0.2) is 22.9 Å². The molecule has 3 rings (SSSR count). The summed E-state index contributed by atoms with van der Waals surface area (Å²) in [5, 5.41) is 1.52. The van der Waals surface area contributed by atoms with E-state index in [0.717, 1.165) is 16.5 Å². The highest BCUT2D eigenvalue weighted by molar-refractivity contribution is 9.10. The highest BCUT2D eigenvalue weighted by Crippen LogP contribution is 2.35. The van der Waals surface area contributed by atoms with Gasteiger partial charge in [-0.05, 0) is 36.2 Å². The van der Waals surface area contributed by atoms with Gasteiger partial charge < -0.3 is 0 Å². The fraction of sp³-hybridized carbons (Fsp3) is 0.263. The van der Waals surface area contributed by atoms with Crippen LogP contribution >= 0.6 is 15.9 Å². The lowest BCUT2D eigenvalue weighted by Crippen LogP contribution is -2.48. The summed E-state index contributed by atoms with van der Waals surface area (Å²) in [6.45, 7) is 2.04. The third kappa shape index (κ3) is 3.36. The van der Waals surface area contributed by atoms with E-state index in [9.17, 15) is 9.59 Å². The number of rotatable bonds is 4. The summed E-state index contributed by atoms with van der Waals surface area (Å²) in [6.07, 6.45) is 1.20. The Balaban J connectivity index is 1.78. The van der Waals surface area contributed by atoms with E-state index in [4.69, 9.17) is 0 Å². The van der Waals surface area contributed by atoms with Gasteiger partial charge in [-0.25, -0.2) is 0 Å². The molecule has 24 heavy (non-hydrogen) atoms. The van der Waals surface area contributed by atoms with E-state index in [2.05, 4.69) is 21.4 Å². The molecule has 2 aromatic carbocycles. The maximum Gasteiger partial charge on any atom is 0.269 e. The van der Waals surface area contributed by atoms with Gasteiger partial charge in [-0.15, -0.1) is 0 Å². The summed E-state index contributed by atoms with van der Waals surface area (Å²) in [5.74, 6) is -0.196. The average molecular weight is 387 g/mol. The predicted octanol–water partition coefficient (Wildman–Crippen LogP) is 3.89. The van der Waals surface area contributed by atoms with Gasteiger partial charge in [0, 0.05) is 22.4 Å². The number of nitrogens with one attached hydrogen (secondary N) is 1. The number of carbonyl (C=O) groups is 2. The van der Waals surface area contributed by atoms with Gasteiger partial charge in [0.1, 0.15) is 0 Å². The van der Waals surface area contributed by atoms with Gasteiger partial charge in [0.15, 0.2) is 0 Å². The van der Waals surface area contributed by atoms with Crippen molar-refractivity contribution in [1.29, 1.82) is 0 Å². The molecule has 0 spiro atoms. The first kappa shape index (κ1) is 16.7. The first-order valence-electron chi connectivity index (χ1n) is 8.03. The number of halogens is 1.